The van der Waals surface area contributed by atoms with Gasteiger partial charge in [-0.3, -0.25) is 0 Å². The summed E-state index contributed by atoms with van der Waals surface area (Å²) in [4.78, 5) is 16.0. The summed E-state index contributed by atoms with van der Waals surface area (Å²) in [7, 11) is 2.98. The highest BCUT2D eigenvalue weighted by Gasteiger charge is 2.10. The molecule has 6 nitrogen and oxygen atoms in total. The molecule has 0 aliphatic rings. The largest absolute Gasteiger partial charge is 0.497 e. The Labute approximate surface area is 127 Å². The molecule has 1 aromatic carbocycles. The van der Waals surface area contributed by atoms with Crippen molar-refractivity contribution in [1.82, 2.24) is 14.6 Å². The van der Waals surface area contributed by atoms with Crippen molar-refractivity contribution in [2.75, 3.05) is 14.2 Å². The lowest BCUT2D eigenvalue weighted by Crippen LogP contribution is -2.03. The molecule has 0 saturated heterocycles. The molecule has 6 heteroatoms. The van der Waals surface area contributed by atoms with Crippen LogP contribution in [0.2, 0.25) is 0 Å². The monoisotopic (exact) mass is 297 g/mol. The van der Waals surface area contributed by atoms with Crippen molar-refractivity contribution in [3.05, 3.63) is 59.5 Å². The Morgan fingerprint density at radius 1 is 1.23 bits per heavy atom. The van der Waals surface area contributed by atoms with E-state index in [1.807, 2.05) is 24.3 Å². The van der Waals surface area contributed by atoms with Gasteiger partial charge >= 0.3 is 5.97 Å². The smallest absolute Gasteiger partial charge is 0.339 e. The van der Waals surface area contributed by atoms with Crippen LogP contribution in [-0.4, -0.2) is 34.8 Å². The summed E-state index contributed by atoms with van der Waals surface area (Å²) in [5, 5.41) is 4.40. The number of carbonyl (C=O) groups is 1. The van der Waals surface area contributed by atoms with Gasteiger partial charge in [-0.25, -0.2) is 14.3 Å². The summed E-state index contributed by atoms with van der Waals surface area (Å²) in [5.74, 6) is 1.08. The molecule has 0 unspecified atom stereocenters. The van der Waals surface area contributed by atoms with E-state index < -0.39 is 5.97 Å². The number of nitrogens with zero attached hydrogens (tertiary/aromatic N) is 3. The minimum absolute atomic E-state index is 0.397. The normalized spacial score (nSPS) is 10.6. The number of carbonyl (C=O) groups excluding carboxylic acids is 1. The van der Waals surface area contributed by atoms with Crippen LogP contribution >= 0.6 is 0 Å². The Morgan fingerprint density at radius 2 is 2.09 bits per heavy atom. The van der Waals surface area contributed by atoms with Gasteiger partial charge < -0.3 is 9.47 Å². The summed E-state index contributed by atoms with van der Waals surface area (Å²) in [6, 6.07) is 11.2. The molecule has 0 N–H and O–H groups in total. The molecule has 3 rings (SSSR count). The molecule has 2 aromatic heterocycles. The second-order valence-corrected chi connectivity index (χ2v) is 4.77. The van der Waals surface area contributed by atoms with Crippen molar-refractivity contribution in [1.29, 1.82) is 0 Å². The summed E-state index contributed by atoms with van der Waals surface area (Å²) >= 11 is 0. The van der Waals surface area contributed by atoms with Crippen LogP contribution in [0.1, 0.15) is 21.7 Å². The molecule has 0 saturated carbocycles. The standard InChI is InChI=1S/C16H15N3O3/c1-21-13-5-3-4-11(8-13)9-14-17-15-7-6-12(16(20)22-2)10-19(15)18-14/h3-8,10H,9H2,1-2H3. The van der Waals surface area contributed by atoms with Crippen molar-refractivity contribution in [3.8, 4) is 5.75 Å². The second kappa shape index (κ2) is 5.85. The Balaban J connectivity index is 1.89. The zero-order valence-electron chi connectivity index (χ0n) is 12.3. The van der Waals surface area contributed by atoms with Gasteiger partial charge in [-0.15, -0.1) is 0 Å². The van der Waals surface area contributed by atoms with Gasteiger partial charge in [0.25, 0.3) is 0 Å². The number of rotatable bonds is 4. The first kappa shape index (κ1) is 14.1. The molecule has 0 radical (unpaired) electrons. The zero-order chi connectivity index (χ0) is 15.5. The van der Waals surface area contributed by atoms with Gasteiger partial charge in [-0.1, -0.05) is 12.1 Å². The molecule has 22 heavy (non-hydrogen) atoms. The van der Waals surface area contributed by atoms with Gasteiger partial charge in [0.15, 0.2) is 11.5 Å². The van der Waals surface area contributed by atoms with Crippen molar-refractivity contribution in [2.24, 2.45) is 0 Å². The number of esters is 1. The number of ether oxygens (including phenoxy) is 2. The van der Waals surface area contributed by atoms with Crippen LogP contribution in [-0.2, 0) is 11.2 Å². The van der Waals surface area contributed by atoms with E-state index in [1.165, 1.54) is 7.11 Å². The molecule has 112 valence electrons. The number of fused-ring (bicyclic) bond motifs is 1. The van der Waals surface area contributed by atoms with Crippen LogP contribution in [0.25, 0.3) is 5.65 Å². The predicted octanol–water partition coefficient (Wildman–Crippen LogP) is 2.12. The molecule has 2 heterocycles. The van der Waals surface area contributed by atoms with E-state index >= 15 is 0 Å². The average Bonchev–Trinajstić information content (AvgIpc) is 2.95. The average molecular weight is 297 g/mol. The lowest BCUT2D eigenvalue weighted by Gasteiger charge is -2.01. The highest BCUT2D eigenvalue weighted by atomic mass is 16.5. The fourth-order valence-electron chi connectivity index (χ4n) is 2.21. The van der Waals surface area contributed by atoms with E-state index in [1.54, 1.807) is 30.0 Å². The summed E-state index contributed by atoms with van der Waals surface area (Å²) in [6.45, 7) is 0. The first-order chi connectivity index (χ1) is 10.7. The topological polar surface area (TPSA) is 65.7 Å². The van der Waals surface area contributed by atoms with Crippen LogP contribution in [0.4, 0.5) is 0 Å². The summed E-state index contributed by atoms with van der Waals surface area (Å²) < 4.78 is 11.5. The molecule has 0 bridgehead atoms. The third-order valence-electron chi connectivity index (χ3n) is 3.29. The lowest BCUT2D eigenvalue weighted by atomic mass is 10.1. The molecule has 0 atom stereocenters. The van der Waals surface area contributed by atoms with Gasteiger partial charge in [-0.05, 0) is 29.8 Å². The fraction of sp³-hybridized carbons (Fsp3) is 0.188. The van der Waals surface area contributed by atoms with Crippen molar-refractivity contribution < 1.29 is 14.3 Å². The Hall–Kier alpha value is -2.89. The predicted molar refractivity (Wildman–Crippen MR) is 80.1 cm³/mol. The van der Waals surface area contributed by atoms with Gasteiger partial charge in [0.1, 0.15) is 5.75 Å². The number of methoxy groups -OCH3 is 2. The van der Waals surface area contributed by atoms with E-state index in [-0.39, 0.29) is 0 Å². The SMILES string of the molecule is COC(=O)c1ccc2nc(Cc3cccc(OC)c3)nn2c1. The molecular formula is C16H15N3O3. The van der Waals surface area contributed by atoms with Gasteiger partial charge in [0.2, 0.25) is 0 Å². The van der Waals surface area contributed by atoms with Crippen LogP contribution in [0.3, 0.4) is 0 Å². The molecule has 0 aliphatic heterocycles. The van der Waals surface area contributed by atoms with Crippen LogP contribution in [0.15, 0.2) is 42.6 Å². The maximum atomic E-state index is 11.5. The van der Waals surface area contributed by atoms with E-state index in [0.717, 1.165) is 11.3 Å². The lowest BCUT2D eigenvalue weighted by molar-refractivity contribution is 0.0600. The van der Waals surface area contributed by atoms with Gasteiger partial charge in [0, 0.05) is 12.6 Å². The quantitative estimate of drug-likeness (QED) is 0.690. The third kappa shape index (κ3) is 2.76. The third-order valence-corrected chi connectivity index (χ3v) is 3.29. The maximum Gasteiger partial charge on any atom is 0.339 e. The molecule has 0 fully saturated rings. The van der Waals surface area contributed by atoms with Crippen LogP contribution in [0.5, 0.6) is 5.75 Å². The highest BCUT2D eigenvalue weighted by Crippen LogP contribution is 2.15. The van der Waals surface area contributed by atoms with Gasteiger partial charge in [0.05, 0.1) is 19.8 Å². The van der Waals surface area contributed by atoms with E-state index in [4.69, 9.17) is 9.47 Å². The van der Waals surface area contributed by atoms with E-state index in [2.05, 4.69) is 10.1 Å². The van der Waals surface area contributed by atoms with E-state index in [9.17, 15) is 4.79 Å². The van der Waals surface area contributed by atoms with Crippen LogP contribution < -0.4 is 4.74 Å². The fourth-order valence-corrected chi connectivity index (χ4v) is 2.21. The minimum atomic E-state index is -0.397. The molecule has 0 spiro atoms. The molecule has 0 aliphatic carbocycles. The second-order valence-electron chi connectivity index (χ2n) is 4.77. The van der Waals surface area contributed by atoms with E-state index in [0.29, 0.717) is 23.5 Å². The number of benzene rings is 1. The number of hydrogen-bond acceptors (Lipinski definition) is 5. The number of pyridine rings is 1. The van der Waals surface area contributed by atoms with Crippen molar-refractivity contribution >= 4 is 11.6 Å². The minimum Gasteiger partial charge on any atom is -0.497 e. The zero-order valence-corrected chi connectivity index (χ0v) is 12.3. The summed E-state index contributed by atoms with van der Waals surface area (Å²) in [6.07, 6.45) is 2.20. The summed E-state index contributed by atoms with van der Waals surface area (Å²) in [5.41, 5.74) is 2.18. The molecule has 0 amide bonds. The molecule has 3 aromatic rings. The van der Waals surface area contributed by atoms with Crippen molar-refractivity contribution in [3.63, 3.8) is 0 Å². The number of aromatic nitrogens is 3. The Bertz CT molecular complexity index is 826. The highest BCUT2D eigenvalue weighted by molar-refractivity contribution is 5.89. The van der Waals surface area contributed by atoms with Gasteiger partial charge in [-0.2, -0.15) is 5.10 Å². The first-order valence-electron chi connectivity index (χ1n) is 6.76. The molecular weight excluding hydrogens is 282 g/mol. The number of hydrogen-bond donors (Lipinski definition) is 0. The maximum absolute atomic E-state index is 11.5. The Morgan fingerprint density at radius 3 is 2.86 bits per heavy atom. The first-order valence-corrected chi connectivity index (χ1v) is 6.76. The van der Waals surface area contributed by atoms with Crippen LogP contribution in [0, 0.1) is 0 Å². The van der Waals surface area contributed by atoms with Crippen molar-refractivity contribution in [2.45, 2.75) is 6.42 Å². The Kier molecular flexibility index (Phi) is 3.74.